The molecule has 0 bridgehead atoms. The summed E-state index contributed by atoms with van der Waals surface area (Å²) in [5.74, 6) is 0.536. The maximum Gasteiger partial charge on any atom is 0.316 e. The molecule has 7 heteroatoms. The lowest BCUT2D eigenvalue weighted by molar-refractivity contribution is -0.137. The zero-order chi connectivity index (χ0) is 14.4. The zero-order valence-corrected chi connectivity index (χ0v) is 11.8. The van der Waals surface area contributed by atoms with Crippen molar-refractivity contribution >= 4 is 17.7 Å². The van der Waals surface area contributed by atoms with Crippen molar-refractivity contribution in [3.8, 4) is 11.5 Å². The van der Waals surface area contributed by atoms with Gasteiger partial charge in [0.25, 0.3) is 0 Å². The van der Waals surface area contributed by atoms with E-state index in [-0.39, 0.29) is 11.7 Å². The van der Waals surface area contributed by atoms with Gasteiger partial charge in [-0.1, -0.05) is 23.9 Å². The van der Waals surface area contributed by atoms with Crippen molar-refractivity contribution in [2.24, 2.45) is 0 Å². The minimum absolute atomic E-state index is 0.188. The van der Waals surface area contributed by atoms with Crippen molar-refractivity contribution < 1.29 is 9.53 Å². The molecule has 20 heavy (non-hydrogen) atoms. The zero-order valence-electron chi connectivity index (χ0n) is 11.0. The minimum atomic E-state index is -0.303. The smallest absolute Gasteiger partial charge is 0.316 e. The number of hydrogen-bond acceptors (Lipinski definition) is 6. The van der Waals surface area contributed by atoms with Crippen LogP contribution in [0.4, 0.5) is 0 Å². The van der Waals surface area contributed by atoms with Crippen LogP contribution in [0.3, 0.4) is 0 Å². The molecule has 0 saturated heterocycles. The molecule has 2 heterocycles. The van der Waals surface area contributed by atoms with E-state index in [0.717, 1.165) is 5.69 Å². The van der Waals surface area contributed by atoms with Gasteiger partial charge in [-0.15, -0.1) is 16.8 Å². The summed E-state index contributed by atoms with van der Waals surface area (Å²) in [5.41, 5.74) is 0.728. The normalized spacial score (nSPS) is 10.2. The lowest BCUT2D eigenvalue weighted by Crippen LogP contribution is -2.06. The number of esters is 1. The molecular formula is C13H14N4O2S. The highest BCUT2D eigenvalue weighted by atomic mass is 32.2. The highest BCUT2D eigenvalue weighted by Gasteiger charge is 2.15. The molecule has 0 aliphatic heterocycles. The Balaban J connectivity index is 2.28. The first-order chi connectivity index (χ1) is 9.76. The monoisotopic (exact) mass is 290 g/mol. The van der Waals surface area contributed by atoms with E-state index < -0.39 is 0 Å². The van der Waals surface area contributed by atoms with E-state index in [1.54, 1.807) is 12.3 Å². The van der Waals surface area contributed by atoms with Gasteiger partial charge in [0.05, 0.1) is 12.9 Å². The average molecular weight is 290 g/mol. The van der Waals surface area contributed by atoms with Crippen LogP contribution in [0, 0.1) is 0 Å². The molecule has 2 rings (SSSR count). The van der Waals surface area contributed by atoms with E-state index in [4.69, 9.17) is 0 Å². The fourth-order valence-electron chi connectivity index (χ4n) is 1.56. The molecule has 0 unspecified atom stereocenters. The Kier molecular flexibility index (Phi) is 4.89. The van der Waals surface area contributed by atoms with Crippen molar-refractivity contribution in [2.45, 2.75) is 11.7 Å². The van der Waals surface area contributed by atoms with E-state index in [0.29, 0.717) is 17.5 Å². The van der Waals surface area contributed by atoms with E-state index in [9.17, 15) is 4.79 Å². The molecule has 0 atom stereocenters. The van der Waals surface area contributed by atoms with Crippen LogP contribution in [0.2, 0.25) is 0 Å². The second-order valence-corrected chi connectivity index (χ2v) is 4.73. The molecule has 2 aromatic rings. The van der Waals surface area contributed by atoms with Crippen LogP contribution in [0.25, 0.3) is 11.5 Å². The maximum absolute atomic E-state index is 11.2. The van der Waals surface area contributed by atoms with Crippen molar-refractivity contribution in [2.75, 3.05) is 12.9 Å². The van der Waals surface area contributed by atoms with Gasteiger partial charge >= 0.3 is 5.97 Å². The first-order valence-corrected chi connectivity index (χ1v) is 6.90. The van der Waals surface area contributed by atoms with Crippen LogP contribution in [-0.4, -0.2) is 38.6 Å². The fourth-order valence-corrected chi connectivity index (χ4v) is 2.34. The molecule has 104 valence electrons. The Bertz CT molecular complexity index is 598. The van der Waals surface area contributed by atoms with Crippen molar-refractivity contribution in [3.63, 3.8) is 0 Å². The third kappa shape index (κ3) is 3.24. The molecule has 0 spiro atoms. The van der Waals surface area contributed by atoms with Gasteiger partial charge in [-0.25, -0.2) is 0 Å². The summed E-state index contributed by atoms with van der Waals surface area (Å²) in [5, 5.41) is 8.87. The number of allylic oxidation sites excluding steroid dienone is 1. The maximum atomic E-state index is 11.2. The Morgan fingerprint density at radius 1 is 1.50 bits per heavy atom. The van der Waals surface area contributed by atoms with Crippen LogP contribution < -0.4 is 0 Å². The van der Waals surface area contributed by atoms with Crippen molar-refractivity contribution in [1.29, 1.82) is 0 Å². The SMILES string of the molecule is C=CCn1c(SCC(=O)OC)nnc1-c1ccccn1. The largest absolute Gasteiger partial charge is 0.468 e. The molecule has 0 saturated carbocycles. The van der Waals surface area contributed by atoms with Crippen LogP contribution in [-0.2, 0) is 16.1 Å². The third-order valence-corrected chi connectivity index (χ3v) is 3.41. The number of aromatic nitrogens is 4. The summed E-state index contributed by atoms with van der Waals surface area (Å²) >= 11 is 1.27. The topological polar surface area (TPSA) is 69.9 Å². The number of carbonyl (C=O) groups is 1. The molecule has 0 aromatic carbocycles. The third-order valence-electron chi connectivity index (χ3n) is 2.47. The van der Waals surface area contributed by atoms with Gasteiger partial charge in [0.15, 0.2) is 11.0 Å². The Hall–Kier alpha value is -2.15. The van der Waals surface area contributed by atoms with Gasteiger partial charge in [-0.05, 0) is 12.1 Å². The molecular weight excluding hydrogens is 276 g/mol. The first kappa shape index (κ1) is 14.3. The van der Waals surface area contributed by atoms with Gasteiger partial charge < -0.3 is 4.74 Å². The summed E-state index contributed by atoms with van der Waals surface area (Å²) in [6, 6.07) is 5.58. The molecule has 0 aliphatic carbocycles. The van der Waals surface area contributed by atoms with Gasteiger partial charge in [0.2, 0.25) is 0 Å². The lowest BCUT2D eigenvalue weighted by atomic mass is 10.3. The summed E-state index contributed by atoms with van der Waals surface area (Å²) < 4.78 is 6.48. The molecule has 0 N–H and O–H groups in total. The van der Waals surface area contributed by atoms with Gasteiger partial charge in [0, 0.05) is 12.7 Å². The predicted octanol–water partition coefficient (Wildman–Crippen LogP) is 1.79. The minimum Gasteiger partial charge on any atom is -0.468 e. The standard InChI is InChI=1S/C13H14N4O2S/c1-3-8-17-12(10-6-4-5-7-14-10)15-16-13(17)20-9-11(18)19-2/h3-7H,1,8-9H2,2H3. The molecule has 0 amide bonds. The molecule has 2 aromatic heterocycles. The number of methoxy groups -OCH3 is 1. The predicted molar refractivity (Wildman–Crippen MR) is 76.2 cm³/mol. The molecule has 0 fully saturated rings. The number of rotatable bonds is 6. The summed E-state index contributed by atoms with van der Waals surface area (Å²) in [6.07, 6.45) is 3.45. The molecule has 0 aliphatic rings. The quantitative estimate of drug-likeness (QED) is 0.459. The number of ether oxygens (including phenoxy) is 1. The Morgan fingerprint density at radius 3 is 3.00 bits per heavy atom. The summed E-state index contributed by atoms with van der Waals surface area (Å²) in [6.45, 7) is 4.27. The van der Waals surface area contributed by atoms with Gasteiger partial charge in [0.1, 0.15) is 5.69 Å². The highest BCUT2D eigenvalue weighted by molar-refractivity contribution is 7.99. The average Bonchev–Trinajstić information content (AvgIpc) is 2.89. The van der Waals surface area contributed by atoms with E-state index in [1.807, 2.05) is 22.8 Å². The first-order valence-electron chi connectivity index (χ1n) is 5.91. The molecule has 6 nitrogen and oxygen atoms in total. The van der Waals surface area contributed by atoms with Crippen LogP contribution >= 0.6 is 11.8 Å². The van der Waals surface area contributed by atoms with E-state index in [2.05, 4.69) is 26.5 Å². The molecule has 0 radical (unpaired) electrons. The highest BCUT2D eigenvalue weighted by Crippen LogP contribution is 2.22. The number of pyridine rings is 1. The van der Waals surface area contributed by atoms with Crippen molar-refractivity contribution in [3.05, 3.63) is 37.1 Å². The second kappa shape index (κ2) is 6.85. The fraction of sp³-hybridized carbons (Fsp3) is 0.231. The second-order valence-electron chi connectivity index (χ2n) is 3.79. The Morgan fingerprint density at radius 2 is 2.35 bits per heavy atom. The van der Waals surface area contributed by atoms with Crippen LogP contribution in [0.5, 0.6) is 0 Å². The number of carbonyl (C=O) groups excluding carboxylic acids is 1. The summed E-state index contributed by atoms with van der Waals surface area (Å²) in [4.78, 5) is 15.5. The van der Waals surface area contributed by atoms with Gasteiger partial charge in [-0.2, -0.15) is 0 Å². The lowest BCUT2D eigenvalue weighted by Gasteiger charge is -2.06. The van der Waals surface area contributed by atoms with Crippen LogP contribution in [0.15, 0.2) is 42.2 Å². The van der Waals surface area contributed by atoms with Crippen molar-refractivity contribution in [1.82, 2.24) is 19.7 Å². The van der Waals surface area contributed by atoms with Crippen LogP contribution in [0.1, 0.15) is 0 Å². The Labute approximate surface area is 120 Å². The number of nitrogens with zero attached hydrogens (tertiary/aromatic N) is 4. The van der Waals surface area contributed by atoms with E-state index >= 15 is 0 Å². The summed E-state index contributed by atoms with van der Waals surface area (Å²) in [7, 11) is 1.36. The van der Waals surface area contributed by atoms with Gasteiger partial charge in [-0.3, -0.25) is 14.3 Å². The number of hydrogen-bond donors (Lipinski definition) is 0. The van der Waals surface area contributed by atoms with E-state index in [1.165, 1.54) is 18.9 Å². The number of thioether (sulfide) groups is 1.